The van der Waals surface area contributed by atoms with E-state index >= 15 is 0 Å². The fraction of sp³-hybridized carbons (Fsp3) is 0.533. The van der Waals surface area contributed by atoms with Gasteiger partial charge in [-0.2, -0.15) is 0 Å². The second-order valence-corrected chi connectivity index (χ2v) is 5.05. The molecule has 2 N–H and O–H groups in total. The molecule has 0 aromatic heterocycles. The molecule has 1 aliphatic heterocycles. The first-order valence-electron chi connectivity index (χ1n) is 7.03. The number of hydrogen-bond acceptors (Lipinski definition) is 3. The summed E-state index contributed by atoms with van der Waals surface area (Å²) in [6.45, 7) is 2.98. The minimum Gasteiger partial charge on any atom is -0.326 e. The van der Waals surface area contributed by atoms with Gasteiger partial charge in [-0.05, 0) is 38.6 Å². The van der Waals surface area contributed by atoms with E-state index in [4.69, 9.17) is 0 Å². The summed E-state index contributed by atoms with van der Waals surface area (Å²) in [6, 6.07) is 10.2. The van der Waals surface area contributed by atoms with Crippen molar-refractivity contribution in [2.24, 2.45) is 0 Å². The predicted octanol–water partition coefficient (Wildman–Crippen LogP) is 1.70. The van der Waals surface area contributed by atoms with E-state index in [1.807, 2.05) is 37.4 Å². The molecule has 0 radical (unpaired) electrons. The van der Waals surface area contributed by atoms with E-state index in [1.165, 1.54) is 12.8 Å². The molecular weight excluding hydrogens is 238 g/mol. The van der Waals surface area contributed by atoms with Crippen LogP contribution >= 0.6 is 0 Å². The van der Waals surface area contributed by atoms with Crippen LogP contribution in [0.25, 0.3) is 0 Å². The van der Waals surface area contributed by atoms with Crippen molar-refractivity contribution >= 4 is 11.6 Å². The van der Waals surface area contributed by atoms with Crippen LogP contribution in [0.3, 0.4) is 0 Å². The van der Waals surface area contributed by atoms with Gasteiger partial charge in [0.05, 0.1) is 0 Å². The van der Waals surface area contributed by atoms with Gasteiger partial charge in [0.2, 0.25) is 5.91 Å². The number of para-hydroxylation sites is 1. The van der Waals surface area contributed by atoms with Crippen molar-refractivity contribution in [1.29, 1.82) is 0 Å². The zero-order chi connectivity index (χ0) is 13.5. The molecule has 104 valence electrons. The summed E-state index contributed by atoms with van der Waals surface area (Å²) in [5.74, 6) is 0.0984. The standard InChI is InChI=1S/C15H23N3O/c1-16-12-14-8-5-10-18(14)11-9-15(19)17-13-6-3-2-4-7-13/h2-4,6-7,14,16H,5,8-12H2,1H3,(H,17,19). The molecule has 1 aromatic rings. The van der Waals surface area contributed by atoms with E-state index in [2.05, 4.69) is 15.5 Å². The van der Waals surface area contributed by atoms with Crippen molar-refractivity contribution in [3.05, 3.63) is 30.3 Å². The second kappa shape index (κ2) is 7.26. The van der Waals surface area contributed by atoms with Gasteiger partial charge in [0.1, 0.15) is 0 Å². The van der Waals surface area contributed by atoms with Crippen molar-refractivity contribution in [2.45, 2.75) is 25.3 Å². The maximum absolute atomic E-state index is 11.9. The highest BCUT2D eigenvalue weighted by molar-refractivity contribution is 5.90. The lowest BCUT2D eigenvalue weighted by Gasteiger charge is -2.23. The van der Waals surface area contributed by atoms with Gasteiger partial charge in [0.25, 0.3) is 0 Å². The fourth-order valence-corrected chi connectivity index (χ4v) is 2.65. The van der Waals surface area contributed by atoms with Crippen molar-refractivity contribution in [2.75, 3.05) is 32.0 Å². The molecule has 2 rings (SSSR count). The van der Waals surface area contributed by atoms with E-state index in [1.54, 1.807) is 0 Å². The first-order chi connectivity index (χ1) is 9.29. The molecule has 0 spiro atoms. The quantitative estimate of drug-likeness (QED) is 0.819. The SMILES string of the molecule is CNCC1CCCN1CCC(=O)Nc1ccccc1. The molecular formula is C15H23N3O. The summed E-state index contributed by atoms with van der Waals surface area (Å²) in [5.41, 5.74) is 0.876. The van der Waals surface area contributed by atoms with E-state index < -0.39 is 0 Å². The number of benzene rings is 1. The van der Waals surface area contributed by atoms with Crippen LogP contribution in [0.1, 0.15) is 19.3 Å². The van der Waals surface area contributed by atoms with E-state index in [-0.39, 0.29) is 5.91 Å². The number of nitrogens with one attached hydrogen (secondary N) is 2. The average Bonchev–Trinajstić information content (AvgIpc) is 2.85. The highest BCUT2D eigenvalue weighted by Gasteiger charge is 2.23. The van der Waals surface area contributed by atoms with Gasteiger partial charge in [-0.3, -0.25) is 9.69 Å². The van der Waals surface area contributed by atoms with Crippen LogP contribution in [0.4, 0.5) is 5.69 Å². The van der Waals surface area contributed by atoms with E-state index in [0.717, 1.165) is 25.3 Å². The summed E-state index contributed by atoms with van der Waals surface area (Å²) >= 11 is 0. The molecule has 1 atom stereocenters. The predicted molar refractivity (Wildman–Crippen MR) is 78.2 cm³/mol. The van der Waals surface area contributed by atoms with E-state index in [9.17, 15) is 4.79 Å². The number of hydrogen-bond donors (Lipinski definition) is 2. The molecule has 1 aliphatic rings. The summed E-state index contributed by atoms with van der Waals surface area (Å²) in [5, 5.41) is 6.16. The zero-order valence-electron chi connectivity index (χ0n) is 11.6. The number of likely N-dealkylation sites (N-methyl/N-ethyl adjacent to an activating group) is 1. The molecule has 4 nitrogen and oxygen atoms in total. The summed E-state index contributed by atoms with van der Waals surface area (Å²) in [7, 11) is 1.98. The number of carbonyl (C=O) groups excluding carboxylic acids is 1. The average molecular weight is 261 g/mol. The minimum atomic E-state index is 0.0984. The lowest BCUT2D eigenvalue weighted by atomic mass is 10.2. The summed E-state index contributed by atoms with van der Waals surface area (Å²) in [6.07, 6.45) is 3.04. The van der Waals surface area contributed by atoms with Crippen LogP contribution in [-0.2, 0) is 4.79 Å². The van der Waals surface area contributed by atoms with Crippen molar-refractivity contribution in [3.63, 3.8) is 0 Å². The van der Waals surface area contributed by atoms with E-state index in [0.29, 0.717) is 12.5 Å². The Balaban J connectivity index is 1.74. The lowest BCUT2D eigenvalue weighted by Crippen LogP contribution is -2.38. The van der Waals surface area contributed by atoms with Crippen molar-refractivity contribution < 1.29 is 4.79 Å². The fourth-order valence-electron chi connectivity index (χ4n) is 2.65. The molecule has 4 heteroatoms. The smallest absolute Gasteiger partial charge is 0.225 e. The van der Waals surface area contributed by atoms with Crippen molar-refractivity contribution in [3.8, 4) is 0 Å². The molecule has 1 fully saturated rings. The monoisotopic (exact) mass is 261 g/mol. The molecule has 1 aromatic carbocycles. The number of anilines is 1. The third-order valence-corrected chi connectivity index (χ3v) is 3.62. The van der Waals surface area contributed by atoms with Crippen LogP contribution < -0.4 is 10.6 Å². The normalized spacial score (nSPS) is 19.5. The highest BCUT2D eigenvalue weighted by Crippen LogP contribution is 2.16. The highest BCUT2D eigenvalue weighted by atomic mass is 16.1. The molecule has 0 aliphatic carbocycles. The Hall–Kier alpha value is -1.39. The molecule has 1 amide bonds. The maximum Gasteiger partial charge on any atom is 0.225 e. The van der Waals surface area contributed by atoms with Gasteiger partial charge in [0.15, 0.2) is 0 Å². The van der Waals surface area contributed by atoms with Crippen LogP contribution in [0, 0.1) is 0 Å². The van der Waals surface area contributed by atoms with Gasteiger partial charge < -0.3 is 10.6 Å². The Labute approximate surface area is 115 Å². The van der Waals surface area contributed by atoms with Gasteiger partial charge in [0, 0.05) is 31.2 Å². The summed E-state index contributed by atoms with van der Waals surface area (Å²) < 4.78 is 0. The van der Waals surface area contributed by atoms with Crippen LogP contribution in [0.5, 0.6) is 0 Å². The Morgan fingerprint density at radius 1 is 1.37 bits per heavy atom. The molecule has 0 bridgehead atoms. The van der Waals surface area contributed by atoms with Gasteiger partial charge in [-0.1, -0.05) is 18.2 Å². The third kappa shape index (κ3) is 4.33. The van der Waals surface area contributed by atoms with Crippen LogP contribution in [0.2, 0.25) is 0 Å². The molecule has 0 saturated carbocycles. The number of carbonyl (C=O) groups is 1. The topological polar surface area (TPSA) is 44.4 Å². The number of rotatable bonds is 6. The largest absolute Gasteiger partial charge is 0.326 e. The lowest BCUT2D eigenvalue weighted by molar-refractivity contribution is -0.116. The molecule has 1 unspecified atom stereocenters. The molecule has 1 heterocycles. The maximum atomic E-state index is 11.9. The first-order valence-corrected chi connectivity index (χ1v) is 7.03. The molecule has 19 heavy (non-hydrogen) atoms. The van der Waals surface area contributed by atoms with Crippen molar-refractivity contribution in [1.82, 2.24) is 10.2 Å². The van der Waals surface area contributed by atoms with Crippen LogP contribution in [-0.4, -0.2) is 43.5 Å². The minimum absolute atomic E-state index is 0.0984. The Kier molecular flexibility index (Phi) is 5.36. The Morgan fingerprint density at radius 3 is 2.89 bits per heavy atom. The Bertz CT molecular complexity index is 394. The summed E-state index contributed by atoms with van der Waals surface area (Å²) in [4.78, 5) is 14.3. The van der Waals surface area contributed by atoms with Crippen LogP contribution in [0.15, 0.2) is 30.3 Å². The number of nitrogens with zero attached hydrogens (tertiary/aromatic N) is 1. The first kappa shape index (κ1) is 14.0. The third-order valence-electron chi connectivity index (χ3n) is 3.62. The molecule has 1 saturated heterocycles. The zero-order valence-corrected chi connectivity index (χ0v) is 11.6. The Morgan fingerprint density at radius 2 is 2.16 bits per heavy atom. The van der Waals surface area contributed by atoms with Gasteiger partial charge in [-0.15, -0.1) is 0 Å². The number of likely N-dealkylation sites (tertiary alicyclic amines) is 1. The number of amides is 1. The van der Waals surface area contributed by atoms with Gasteiger partial charge in [-0.25, -0.2) is 0 Å². The van der Waals surface area contributed by atoms with Gasteiger partial charge >= 0.3 is 0 Å². The second-order valence-electron chi connectivity index (χ2n) is 5.05.